The van der Waals surface area contributed by atoms with Crippen LogP contribution in [0.25, 0.3) is 0 Å². The van der Waals surface area contributed by atoms with Crippen molar-refractivity contribution in [3.05, 3.63) is 60.8 Å². The topological polar surface area (TPSA) is 172 Å². The van der Waals surface area contributed by atoms with Gasteiger partial charge in [-0.25, -0.2) is 4.57 Å². The molecule has 4 N–H and O–H groups in total. The van der Waals surface area contributed by atoms with E-state index in [2.05, 4.69) is 79.1 Å². The number of carboxylic acid groups (broad SMARTS) is 1. The van der Waals surface area contributed by atoms with Crippen molar-refractivity contribution in [3.63, 3.8) is 0 Å². The van der Waals surface area contributed by atoms with Crippen molar-refractivity contribution in [2.45, 2.75) is 219 Å². The summed E-state index contributed by atoms with van der Waals surface area (Å²) < 4.78 is 32.8. The van der Waals surface area contributed by atoms with Crippen molar-refractivity contribution in [2.24, 2.45) is 5.73 Å². The van der Waals surface area contributed by atoms with E-state index < -0.39 is 51.1 Å². The molecule has 0 aliphatic heterocycles. The van der Waals surface area contributed by atoms with E-state index in [-0.39, 0.29) is 19.4 Å². The summed E-state index contributed by atoms with van der Waals surface area (Å²) in [5.74, 6) is -2.42. The van der Waals surface area contributed by atoms with Gasteiger partial charge in [0.05, 0.1) is 13.2 Å². The number of nitrogens with two attached hydrogens (primary N) is 1. The summed E-state index contributed by atoms with van der Waals surface area (Å²) in [5, 5.41) is 8.91. The van der Waals surface area contributed by atoms with Crippen LogP contribution in [-0.4, -0.2) is 59.9 Å². The maximum Gasteiger partial charge on any atom is 0.472 e. The number of carboxylic acids is 1. The summed E-state index contributed by atoms with van der Waals surface area (Å²) in [4.78, 5) is 46.1. The zero-order chi connectivity index (χ0) is 45.6. The van der Waals surface area contributed by atoms with E-state index in [0.29, 0.717) is 12.8 Å². The van der Waals surface area contributed by atoms with E-state index in [4.69, 9.17) is 24.8 Å². The Bertz CT molecular complexity index is 1280. The van der Waals surface area contributed by atoms with Crippen LogP contribution in [0.4, 0.5) is 0 Å². The number of unbranched alkanes of at least 4 members (excludes halogenated alkanes) is 21. The number of carbonyl (C=O) groups excluding carboxylic acids is 2. The minimum atomic E-state index is -4.73. The molecule has 0 amide bonds. The van der Waals surface area contributed by atoms with Gasteiger partial charge < -0.3 is 25.2 Å². The Morgan fingerprint density at radius 3 is 1.35 bits per heavy atom. The summed E-state index contributed by atoms with van der Waals surface area (Å²) in [5.41, 5.74) is 5.34. The van der Waals surface area contributed by atoms with Crippen LogP contribution in [0.15, 0.2) is 60.8 Å². The van der Waals surface area contributed by atoms with Crippen molar-refractivity contribution in [3.8, 4) is 0 Å². The lowest BCUT2D eigenvalue weighted by Crippen LogP contribution is -2.34. The summed E-state index contributed by atoms with van der Waals surface area (Å²) in [6.45, 7) is 2.68. The molecule has 0 spiro atoms. The summed E-state index contributed by atoms with van der Waals surface area (Å²) in [7, 11) is -4.73. The molecule has 62 heavy (non-hydrogen) atoms. The SMILES string of the molecule is CC/C=C/C/C=C/C/C=C/C/C=C/C/C=C/CCCCCC(=O)OC[C@H](COP(=O)(O)OC[C@H](N)C(=O)O)OC(=O)CCCCCCCCCCCCCCCCCCCCC. The molecule has 0 aromatic heterocycles. The molecule has 12 heteroatoms. The number of ether oxygens (including phenoxy) is 2. The largest absolute Gasteiger partial charge is 0.480 e. The van der Waals surface area contributed by atoms with Gasteiger partial charge in [0, 0.05) is 12.8 Å². The first-order chi connectivity index (χ1) is 30.1. The standard InChI is InChI=1S/C50H88NO10P/c1-3-5-7-9-11-13-15-17-19-21-23-25-27-29-31-33-35-37-39-41-48(52)58-43-46(44-59-62(56,57)60-45-47(51)50(54)55)61-49(53)42-40-38-36-34-32-30-28-26-24-22-20-18-16-14-12-10-8-6-4-2/h5,7,11,13,17,19,23,25,29,31,46-47H,3-4,6,8-10,12,14-16,18,20-22,24,26-28,30,32-45,51H2,1-2H3,(H,54,55)(H,56,57)/b7-5+,13-11+,19-17+,25-23+,31-29+/t46-,47+/m1/s1. The third kappa shape index (κ3) is 43.8. The molecule has 0 saturated carbocycles. The molecule has 1 unspecified atom stereocenters. The molecular weight excluding hydrogens is 806 g/mol. The van der Waals surface area contributed by atoms with Crippen LogP contribution in [0, 0.1) is 0 Å². The van der Waals surface area contributed by atoms with E-state index in [1.54, 1.807) is 0 Å². The molecule has 0 radical (unpaired) electrons. The number of carbonyl (C=O) groups is 3. The first kappa shape index (κ1) is 59.2. The number of esters is 2. The number of hydrogen-bond acceptors (Lipinski definition) is 9. The molecule has 0 saturated heterocycles. The van der Waals surface area contributed by atoms with Crippen LogP contribution in [-0.2, 0) is 37.5 Å². The average Bonchev–Trinajstić information content (AvgIpc) is 3.25. The lowest BCUT2D eigenvalue weighted by atomic mass is 10.0. The first-order valence-corrected chi connectivity index (χ1v) is 25.8. The van der Waals surface area contributed by atoms with Gasteiger partial charge in [-0.15, -0.1) is 0 Å². The molecule has 11 nitrogen and oxygen atoms in total. The van der Waals surface area contributed by atoms with Crippen LogP contribution in [0.5, 0.6) is 0 Å². The molecule has 0 aliphatic rings. The lowest BCUT2D eigenvalue weighted by molar-refractivity contribution is -0.161. The van der Waals surface area contributed by atoms with E-state index >= 15 is 0 Å². The Morgan fingerprint density at radius 2 is 0.903 bits per heavy atom. The van der Waals surface area contributed by atoms with Crippen LogP contribution >= 0.6 is 7.82 Å². The van der Waals surface area contributed by atoms with Crippen molar-refractivity contribution >= 4 is 25.7 Å². The van der Waals surface area contributed by atoms with Gasteiger partial charge in [0.2, 0.25) is 0 Å². The van der Waals surface area contributed by atoms with Gasteiger partial charge in [-0.05, 0) is 57.8 Å². The fourth-order valence-electron chi connectivity index (χ4n) is 6.50. The van der Waals surface area contributed by atoms with Gasteiger partial charge >= 0.3 is 25.7 Å². The maximum atomic E-state index is 12.7. The molecule has 0 aromatic rings. The smallest absolute Gasteiger partial charge is 0.472 e. The first-order valence-electron chi connectivity index (χ1n) is 24.3. The van der Waals surface area contributed by atoms with Crippen molar-refractivity contribution in [1.82, 2.24) is 0 Å². The Hall–Kier alpha value is -2.82. The van der Waals surface area contributed by atoms with Gasteiger partial charge in [0.25, 0.3) is 0 Å². The predicted octanol–water partition coefficient (Wildman–Crippen LogP) is 13.5. The molecule has 0 bridgehead atoms. The molecular formula is C50H88NO10P. The van der Waals surface area contributed by atoms with Gasteiger partial charge in [-0.3, -0.25) is 23.4 Å². The Kier molecular flexibility index (Phi) is 42.7. The van der Waals surface area contributed by atoms with E-state index in [1.165, 1.54) is 96.3 Å². The number of rotatable bonds is 45. The Morgan fingerprint density at radius 1 is 0.516 bits per heavy atom. The highest BCUT2D eigenvalue weighted by Crippen LogP contribution is 2.43. The van der Waals surface area contributed by atoms with Gasteiger partial charge in [-0.1, -0.05) is 197 Å². The Labute approximate surface area is 377 Å². The number of allylic oxidation sites excluding steroid dienone is 10. The predicted molar refractivity (Wildman–Crippen MR) is 254 cm³/mol. The molecule has 0 rings (SSSR count). The second kappa shape index (κ2) is 44.8. The summed E-state index contributed by atoms with van der Waals surface area (Å²) in [6.07, 6.45) is 52.8. The molecule has 358 valence electrons. The normalized spacial score (nSPS) is 14.1. The second-order valence-corrected chi connectivity index (χ2v) is 17.7. The fourth-order valence-corrected chi connectivity index (χ4v) is 7.28. The van der Waals surface area contributed by atoms with Gasteiger partial charge in [0.1, 0.15) is 12.6 Å². The number of phosphoric ester groups is 1. The molecule has 3 atom stereocenters. The van der Waals surface area contributed by atoms with Crippen LogP contribution in [0.2, 0.25) is 0 Å². The van der Waals surface area contributed by atoms with E-state index in [1.807, 2.05) is 0 Å². The van der Waals surface area contributed by atoms with Crippen molar-refractivity contribution < 1.29 is 47.5 Å². The fraction of sp³-hybridized carbons (Fsp3) is 0.740. The van der Waals surface area contributed by atoms with Crippen molar-refractivity contribution in [2.75, 3.05) is 19.8 Å². The zero-order valence-electron chi connectivity index (χ0n) is 38.9. The number of hydrogen-bond donors (Lipinski definition) is 3. The minimum Gasteiger partial charge on any atom is -0.480 e. The highest BCUT2D eigenvalue weighted by Gasteiger charge is 2.28. The van der Waals surface area contributed by atoms with E-state index in [0.717, 1.165) is 70.6 Å². The molecule has 0 aliphatic carbocycles. The molecule has 0 fully saturated rings. The average molecular weight is 894 g/mol. The summed E-state index contributed by atoms with van der Waals surface area (Å²) >= 11 is 0. The highest BCUT2D eigenvalue weighted by molar-refractivity contribution is 7.47. The molecule has 0 aromatic carbocycles. The minimum absolute atomic E-state index is 0.155. The second-order valence-electron chi connectivity index (χ2n) is 16.2. The van der Waals surface area contributed by atoms with E-state index in [9.17, 15) is 23.8 Å². The third-order valence-electron chi connectivity index (χ3n) is 10.3. The van der Waals surface area contributed by atoms with Crippen molar-refractivity contribution in [1.29, 1.82) is 0 Å². The highest BCUT2D eigenvalue weighted by atomic mass is 31.2. The maximum absolute atomic E-state index is 12.7. The summed E-state index contributed by atoms with van der Waals surface area (Å²) in [6, 6.07) is -1.53. The van der Waals surface area contributed by atoms with Gasteiger partial charge in [-0.2, -0.15) is 0 Å². The monoisotopic (exact) mass is 894 g/mol. The third-order valence-corrected chi connectivity index (χ3v) is 11.2. The quantitative estimate of drug-likeness (QED) is 0.0230. The van der Waals surface area contributed by atoms with Crippen LogP contribution in [0.3, 0.4) is 0 Å². The lowest BCUT2D eigenvalue weighted by Gasteiger charge is -2.20. The number of aliphatic carboxylic acids is 1. The van der Waals surface area contributed by atoms with Crippen LogP contribution in [0.1, 0.15) is 206 Å². The van der Waals surface area contributed by atoms with Gasteiger partial charge in [0.15, 0.2) is 6.10 Å². The Balaban J connectivity index is 4.34. The zero-order valence-corrected chi connectivity index (χ0v) is 39.8. The number of phosphoric acid groups is 1. The molecule has 0 heterocycles. The van der Waals surface area contributed by atoms with Crippen LogP contribution < -0.4 is 5.73 Å².